The molecule has 4 N–H and O–H groups in total. The fourth-order valence-corrected chi connectivity index (χ4v) is 4.99. The Labute approximate surface area is 221 Å². The summed E-state index contributed by atoms with van der Waals surface area (Å²) in [6.07, 6.45) is -3.41. The Hall–Kier alpha value is -2.09. The molecule has 11 nitrogen and oxygen atoms in total. The number of alkyl carbamates (subject to hydrolysis) is 1. The smallest absolute Gasteiger partial charge is 0.407 e. The standard InChI is InChI=1S/C25H38N2O9S/c1-15-20(29)21(30)22-23(34-15)35-17-6-5-16(13-18(17)37-22)14-19(28)26-7-9-32-11-12-33-10-8-27-24(31)36-25(2,3)4/h5-6,13,15,20-23,29-30H,7-12,14H2,1-4H3,(H,26,28)(H,27,31). The number of ether oxygens (including phenoxy) is 5. The Morgan fingerprint density at radius 2 is 1.70 bits per heavy atom. The number of carbonyl (C=O) groups excluding carboxylic acids is 2. The number of benzene rings is 1. The second kappa shape index (κ2) is 13.6. The first-order valence-electron chi connectivity index (χ1n) is 12.4. The summed E-state index contributed by atoms with van der Waals surface area (Å²) in [5.74, 6) is 0.486. The van der Waals surface area contributed by atoms with E-state index in [2.05, 4.69) is 10.6 Å². The van der Waals surface area contributed by atoms with Gasteiger partial charge in [0, 0.05) is 13.1 Å². The number of amides is 2. The largest absolute Gasteiger partial charge is 0.462 e. The molecule has 2 heterocycles. The number of aliphatic hydroxyl groups excluding tert-OH is 2. The van der Waals surface area contributed by atoms with Crippen molar-refractivity contribution in [3.05, 3.63) is 23.8 Å². The maximum absolute atomic E-state index is 12.3. The minimum absolute atomic E-state index is 0.141. The van der Waals surface area contributed by atoms with E-state index in [1.165, 1.54) is 11.8 Å². The van der Waals surface area contributed by atoms with Crippen molar-refractivity contribution < 1.29 is 43.5 Å². The molecule has 0 radical (unpaired) electrons. The van der Waals surface area contributed by atoms with E-state index < -0.39 is 41.5 Å². The number of rotatable bonds is 11. The lowest BCUT2D eigenvalue weighted by molar-refractivity contribution is -0.213. The number of hydrogen-bond acceptors (Lipinski definition) is 10. The number of hydrogen-bond donors (Lipinski definition) is 4. The molecule has 208 valence electrons. The molecule has 3 rings (SSSR count). The van der Waals surface area contributed by atoms with Crippen molar-refractivity contribution in [2.75, 3.05) is 39.5 Å². The van der Waals surface area contributed by atoms with Crippen LogP contribution in [0, 0.1) is 0 Å². The van der Waals surface area contributed by atoms with Crippen molar-refractivity contribution in [2.24, 2.45) is 0 Å². The first kappa shape index (κ1) is 29.5. The van der Waals surface area contributed by atoms with Crippen molar-refractivity contribution >= 4 is 23.8 Å². The second-order valence-electron chi connectivity index (χ2n) is 9.85. The minimum Gasteiger partial charge on any atom is -0.462 e. The summed E-state index contributed by atoms with van der Waals surface area (Å²) in [5, 5.41) is 25.5. The molecule has 0 aromatic heterocycles. The van der Waals surface area contributed by atoms with Crippen LogP contribution in [0.4, 0.5) is 4.79 Å². The lowest BCUT2D eigenvalue weighted by atomic mass is 10.0. The molecule has 2 amide bonds. The van der Waals surface area contributed by atoms with Gasteiger partial charge < -0.3 is 44.5 Å². The van der Waals surface area contributed by atoms with E-state index in [9.17, 15) is 19.8 Å². The highest BCUT2D eigenvalue weighted by Crippen LogP contribution is 2.44. The highest BCUT2D eigenvalue weighted by Gasteiger charge is 2.47. The van der Waals surface area contributed by atoms with Gasteiger partial charge >= 0.3 is 6.09 Å². The van der Waals surface area contributed by atoms with Crippen molar-refractivity contribution in [3.63, 3.8) is 0 Å². The summed E-state index contributed by atoms with van der Waals surface area (Å²) < 4.78 is 27.5. The van der Waals surface area contributed by atoms with Gasteiger partial charge in [-0.3, -0.25) is 4.79 Å². The van der Waals surface area contributed by atoms with Gasteiger partial charge in [0.2, 0.25) is 12.2 Å². The normalized spacial score (nSPS) is 24.9. The summed E-state index contributed by atoms with van der Waals surface area (Å²) in [7, 11) is 0. The molecule has 0 saturated carbocycles. The van der Waals surface area contributed by atoms with E-state index in [1.54, 1.807) is 33.8 Å². The van der Waals surface area contributed by atoms with E-state index in [0.29, 0.717) is 45.3 Å². The predicted molar refractivity (Wildman–Crippen MR) is 136 cm³/mol. The van der Waals surface area contributed by atoms with Crippen LogP contribution in [0.3, 0.4) is 0 Å². The zero-order chi connectivity index (χ0) is 27.0. The average molecular weight is 543 g/mol. The maximum Gasteiger partial charge on any atom is 0.407 e. The molecule has 12 heteroatoms. The van der Waals surface area contributed by atoms with Crippen molar-refractivity contribution in [3.8, 4) is 5.75 Å². The molecule has 2 aliphatic rings. The van der Waals surface area contributed by atoms with Crippen LogP contribution >= 0.6 is 11.8 Å². The van der Waals surface area contributed by atoms with Crippen LogP contribution in [0.5, 0.6) is 5.75 Å². The minimum atomic E-state index is -0.984. The fraction of sp³-hybridized carbons (Fsp3) is 0.680. The highest BCUT2D eigenvalue weighted by molar-refractivity contribution is 8.00. The van der Waals surface area contributed by atoms with E-state index in [1.807, 2.05) is 12.1 Å². The third-order valence-corrected chi connectivity index (χ3v) is 6.86. The monoisotopic (exact) mass is 542 g/mol. The van der Waals surface area contributed by atoms with Gasteiger partial charge in [0.1, 0.15) is 28.8 Å². The van der Waals surface area contributed by atoms with Gasteiger partial charge in [-0.25, -0.2) is 4.79 Å². The fourth-order valence-electron chi connectivity index (χ4n) is 3.72. The Bertz CT molecular complexity index is 911. The Kier molecular flexibility index (Phi) is 10.9. The van der Waals surface area contributed by atoms with Crippen molar-refractivity contribution in [1.29, 1.82) is 0 Å². The number of aliphatic hydroxyl groups is 2. The van der Waals surface area contributed by atoms with Gasteiger partial charge in [0.15, 0.2) is 0 Å². The van der Waals surface area contributed by atoms with Gasteiger partial charge in [0.25, 0.3) is 0 Å². The third kappa shape index (κ3) is 9.31. The molecule has 1 aromatic rings. The van der Waals surface area contributed by atoms with Gasteiger partial charge in [-0.1, -0.05) is 6.07 Å². The predicted octanol–water partition coefficient (Wildman–Crippen LogP) is 1.22. The molecule has 1 saturated heterocycles. The molecule has 37 heavy (non-hydrogen) atoms. The summed E-state index contributed by atoms with van der Waals surface area (Å²) in [5.41, 5.74) is 0.270. The van der Waals surface area contributed by atoms with Crippen LogP contribution in [-0.2, 0) is 30.2 Å². The Balaban J connectivity index is 1.27. The lowest BCUT2D eigenvalue weighted by Gasteiger charge is -2.43. The van der Waals surface area contributed by atoms with Crippen LogP contribution in [0.1, 0.15) is 33.3 Å². The third-order valence-electron chi connectivity index (χ3n) is 5.52. The molecule has 5 atom stereocenters. The molecule has 0 spiro atoms. The number of thioether (sulfide) groups is 1. The summed E-state index contributed by atoms with van der Waals surface area (Å²) >= 11 is 1.38. The summed E-state index contributed by atoms with van der Waals surface area (Å²) in [6, 6.07) is 5.47. The number of fused-ring (bicyclic) bond motifs is 2. The average Bonchev–Trinajstić information content (AvgIpc) is 2.82. The van der Waals surface area contributed by atoms with Gasteiger partial charge in [-0.05, 0) is 45.4 Å². The molecule has 0 aliphatic carbocycles. The highest BCUT2D eigenvalue weighted by atomic mass is 32.2. The zero-order valence-electron chi connectivity index (χ0n) is 21.7. The maximum atomic E-state index is 12.3. The molecule has 5 unspecified atom stereocenters. The molecule has 1 aromatic carbocycles. The molecule has 2 aliphatic heterocycles. The Morgan fingerprint density at radius 3 is 2.38 bits per heavy atom. The van der Waals surface area contributed by atoms with E-state index in [0.717, 1.165) is 10.5 Å². The van der Waals surface area contributed by atoms with Crippen LogP contribution < -0.4 is 15.4 Å². The SMILES string of the molecule is CC1OC2Oc3ccc(CC(=O)NCCOCCOCCNC(=O)OC(C)(C)C)cc3SC2C(O)C1O. The topological polar surface area (TPSA) is 145 Å². The van der Waals surface area contributed by atoms with Crippen molar-refractivity contribution in [1.82, 2.24) is 10.6 Å². The van der Waals surface area contributed by atoms with Crippen molar-refractivity contribution in [2.45, 2.75) is 74.5 Å². The van der Waals surface area contributed by atoms with Crippen LogP contribution in [0.2, 0.25) is 0 Å². The van der Waals surface area contributed by atoms with Crippen LogP contribution in [0.25, 0.3) is 0 Å². The number of nitrogens with one attached hydrogen (secondary N) is 2. The second-order valence-corrected chi connectivity index (χ2v) is 11.1. The first-order valence-corrected chi connectivity index (χ1v) is 13.3. The summed E-state index contributed by atoms with van der Waals surface area (Å²) in [6.45, 7) is 9.23. The molecular formula is C25H38N2O9S. The van der Waals surface area contributed by atoms with Gasteiger partial charge in [0.05, 0.1) is 43.8 Å². The first-order chi connectivity index (χ1) is 17.5. The zero-order valence-corrected chi connectivity index (χ0v) is 22.5. The van der Waals surface area contributed by atoms with Gasteiger partial charge in [-0.15, -0.1) is 11.8 Å². The molecule has 1 fully saturated rings. The molecular weight excluding hydrogens is 504 g/mol. The van der Waals surface area contributed by atoms with E-state index in [4.69, 9.17) is 23.7 Å². The van der Waals surface area contributed by atoms with E-state index >= 15 is 0 Å². The van der Waals surface area contributed by atoms with Crippen LogP contribution in [-0.4, -0.2) is 97.2 Å². The van der Waals surface area contributed by atoms with Gasteiger partial charge in [-0.2, -0.15) is 0 Å². The quantitative estimate of drug-likeness (QED) is 0.301. The summed E-state index contributed by atoms with van der Waals surface area (Å²) in [4.78, 5) is 24.6. The Morgan fingerprint density at radius 1 is 1.03 bits per heavy atom. The molecule has 0 bridgehead atoms. The number of carbonyl (C=O) groups is 2. The van der Waals surface area contributed by atoms with Crippen LogP contribution in [0.15, 0.2) is 23.1 Å². The lowest BCUT2D eigenvalue weighted by Crippen LogP contribution is -2.57. The van der Waals surface area contributed by atoms with E-state index in [-0.39, 0.29) is 12.3 Å².